The molecule has 4 atom stereocenters. The lowest BCUT2D eigenvalue weighted by Crippen LogP contribution is -2.51. The molecule has 1 aromatic carbocycles. The molecule has 0 unspecified atom stereocenters. The first-order valence-electron chi connectivity index (χ1n) is 9.78. The summed E-state index contributed by atoms with van der Waals surface area (Å²) in [4.78, 5) is 14.1. The summed E-state index contributed by atoms with van der Waals surface area (Å²) in [6.45, 7) is 0. The Labute approximate surface area is 175 Å². The molecule has 2 heterocycles. The van der Waals surface area contributed by atoms with Gasteiger partial charge in [0.15, 0.2) is 5.41 Å². The number of hydrogen-bond donors (Lipinski definition) is 1. The number of fused-ring (bicyclic) bond motifs is 4. The topological polar surface area (TPSA) is 127 Å². The number of ether oxygens (including phenoxy) is 1. The van der Waals surface area contributed by atoms with E-state index < -0.39 is 17.3 Å². The lowest BCUT2D eigenvalue weighted by molar-refractivity contribution is 0.0600. The second kappa shape index (κ2) is 7.02. The van der Waals surface area contributed by atoms with E-state index in [4.69, 9.17) is 10.5 Å². The van der Waals surface area contributed by atoms with Crippen molar-refractivity contribution < 1.29 is 9.53 Å². The number of hydrogen-bond acceptors (Lipinski definition) is 7. The molecule has 30 heavy (non-hydrogen) atoms. The van der Waals surface area contributed by atoms with Gasteiger partial charge >= 0.3 is 5.97 Å². The molecular formula is C23H21N5O2. The number of methoxy groups -OCH3 is 1. The van der Waals surface area contributed by atoms with Crippen LogP contribution < -0.4 is 5.73 Å². The molecule has 4 rings (SSSR count). The van der Waals surface area contributed by atoms with E-state index in [1.54, 1.807) is 24.3 Å². The van der Waals surface area contributed by atoms with Gasteiger partial charge in [0.2, 0.25) is 0 Å². The van der Waals surface area contributed by atoms with Crippen LogP contribution in [0.25, 0.3) is 0 Å². The fourth-order valence-electron chi connectivity index (χ4n) is 5.41. The highest BCUT2D eigenvalue weighted by molar-refractivity contribution is 5.89. The summed E-state index contributed by atoms with van der Waals surface area (Å²) in [5, 5.41) is 30.2. The maximum atomic E-state index is 11.8. The Bertz CT molecular complexity index is 1080. The lowest BCUT2D eigenvalue weighted by atomic mass is 9.56. The number of nitrogens with zero attached hydrogens (tertiary/aromatic N) is 4. The van der Waals surface area contributed by atoms with E-state index in [0.29, 0.717) is 5.56 Å². The van der Waals surface area contributed by atoms with Crippen molar-refractivity contribution in [3.05, 3.63) is 58.3 Å². The van der Waals surface area contributed by atoms with Gasteiger partial charge < -0.3 is 10.5 Å². The first-order valence-corrected chi connectivity index (χ1v) is 9.78. The van der Waals surface area contributed by atoms with Gasteiger partial charge in [-0.2, -0.15) is 15.8 Å². The number of rotatable bonds is 2. The van der Waals surface area contributed by atoms with Gasteiger partial charge in [-0.25, -0.2) is 4.79 Å². The number of carbonyl (C=O) groups is 1. The monoisotopic (exact) mass is 399 g/mol. The number of esters is 1. The van der Waals surface area contributed by atoms with Crippen LogP contribution in [0.3, 0.4) is 0 Å². The fraction of sp³-hybridized carbons (Fsp3) is 0.391. The maximum absolute atomic E-state index is 11.8. The minimum absolute atomic E-state index is 0.0171. The minimum atomic E-state index is -1.67. The molecule has 1 aromatic rings. The van der Waals surface area contributed by atoms with Crippen LogP contribution in [0.2, 0.25) is 0 Å². The fourth-order valence-corrected chi connectivity index (χ4v) is 5.41. The molecule has 150 valence electrons. The van der Waals surface area contributed by atoms with Crippen LogP contribution in [0.5, 0.6) is 0 Å². The summed E-state index contributed by atoms with van der Waals surface area (Å²) in [5.74, 6) is -1.24. The second-order valence-corrected chi connectivity index (χ2v) is 8.05. The first kappa shape index (κ1) is 19.7. The number of nitrogens with two attached hydrogens (primary N) is 1. The van der Waals surface area contributed by atoms with E-state index in [-0.39, 0.29) is 29.3 Å². The van der Waals surface area contributed by atoms with Gasteiger partial charge in [-0.3, -0.25) is 4.90 Å². The third kappa shape index (κ3) is 2.48. The summed E-state index contributed by atoms with van der Waals surface area (Å²) >= 11 is 0. The van der Waals surface area contributed by atoms with Gasteiger partial charge in [0.25, 0.3) is 0 Å². The van der Waals surface area contributed by atoms with Gasteiger partial charge in [0.05, 0.1) is 36.1 Å². The van der Waals surface area contributed by atoms with Gasteiger partial charge in [-0.05, 0) is 43.2 Å². The van der Waals surface area contributed by atoms with Gasteiger partial charge in [-0.1, -0.05) is 18.2 Å². The quantitative estimate of drug-likeness (QED) is 0.756. The van der Waals surface area contributed by atoms with Crippen LogP contribution in [0.1, 0.15) is 34.7 Å². The predicted molar refractivity (Wildman–Crippen MR) is 107 cm³/mol. The Morgan fingerprint density at radius 1 is 1.20 bits per heavy atom. The third-order valence-electron chi connectivity index (χ3n) is 6.91. The summed E-state index contributed by atoms with van der Waals surface area (Å²) in [7, 11) is 3.36. The zero-order chi connectivity index (χ0) is 21.6. The van der Waals surface area contributed by atoms with Crippen molar-refractivity contribution in [2.45, 2.75) is 30.8 Å². The second-order valence-electron chi connectivity index (χ2n) is 8.05. The zero-order valence-electron chi connectivity index (χ0n) is 16.8. The van der Waals surface area contributed by atoms with Gasteiger partial charge in [-0.15, -0.1) is 0 Å². The Hall–Kier alpha value is -3.60. The number of carbonyl (C=O) groups excluding carboxylic acids is 1. The Balaban J connectivity index is 1.96. The third-order valence-corrected chi connectivity index (χ3v) is 6.91. The van der Waals surface area contributed by atoms with Crippen LogP contribution >= 0.6 is 0 Å². The van der Waals surface area contributed by atoms with E-state index in [1.807, 2.05) is 7.05 Å². The van der Waals surface area contributed by atoms with Gasteiger partial charge in [0.1, 0.15) is 6.07 Å². The average Bonchev–Trinajstić information content (AvgIpc) is 3.01. The molecule has 7 nitrogen and oxygen atoms in total. The van der Waals surface area contributed by atoms with Crippen molar-refractivity contribution in [3.8, 4) is 18.2 Å². The lowest BCUT2D eigenvalue weighted by Gasteiger charge is -2.48. The zero-order valence-corrected chi connectivity index (χ0v) is 16.8. The summed E-state index contributed by atoms with van der Waals surface area (Å²) in [6.07, 6.45) is 3.95. The van der Waals surface area contributed by atoms with Crippen molar-refractivity contribution >= 4 is 5.97 Å². The SMILES string of the molecule is COC(=O)c1ccc([C@@H]2[C@@H]3C(=C[C@H]4CC[C@@H]3N4C)C(C#N)=C(N)C2(C#N)C#N)cc1. The molecule has 1 fully saturated rings. The van der Waals surface area contributed by atoms with Crippen LogP contribution in [-0.4, -0.2) is 37.1 Å². The standard InChI is InChI=1S/C23H21N5O2/c1-28-15-7-8-18(28)19-16(9-15)17(10-24)21(27)23(11-25,12-26)20(19)13-3-5-14(6-4-13)22(29)30-2/h3-6,9,15,18-20H,7-8,27H2,1-2H3/t15-,18+,19-,20-/m1/s1. The smallest absolute Gasteiger partial charge is 0.337 e. The molecule has 2 aliphatic heterocycles. The average molecular weight is 399 g/mol. The highest BCUT2D eigenvalue weighted by atomic mass is 16.5. The number of benzene rings is 1. The van der Waals surface area contributed by atoms with Crippen molar-refractivity contribution in [1.82, 2.24) is 4.90 Å². The molecule has 2 N–H and O–H groups in total. The Kier molecular flexibility index (Phi) is 4.61. The number of nitriles is 3. The minimum Gasteiger partial charge on any atom is -0.465 e. The summed E-state index contributed by atoms with van der Waals surface area (Å²) in [5.41, 5.74) is 6.92. The molecule has 1 saturated heterocycles. The maximum Gasteiger partial charge on any atom is 0.337 e. The molecule has 0 spiro atoms. The number of allylic oxidation sites excluding steroid dienone is 2. The van der Waals surface area contributed by atoms with Crippen molar-refractivity contribution in [3.63, 3.8) is 0 Å². The van der Waals surface area contributed by atoms with E-state index in [0.717, 1.165) is 24.0 Å². The summed E-state index contributed by atoms with van der Waals surface area (Å²) in [6, 6.07) is 13.6. The molecular weight excluding hydrogens is 378 g/mol. The van der Waals surface area contributed by atoms with E-state index >= 15 is 0 Å². The van der Waals surface area contributed by atoms with Crippen LogP contribution in [-0.2, 0) is 4.74 Å². The van der Waals surface area contributed by atoms with Crippen molar-refractivity contribution in [2.75, 3.05) is 14.2 Å². The highest BCUT2D eigenvalue weighted by Crippen LogP contribution is 2.58. The molecule has 0 aromatic heterocycles. The molecule has 3 aliphatic rings. The summed E-state index contributed by atoms with van der Waals surface area (Å²) < 4.78 is 4.77. The Morgan fingerprint density at radius 2 is 1.87 bits per heavy atom. The normalized spacial score (nSPS) is 29.1. The molecule has 7 heteroatoms. The molecule has 0 radical (unpaired) electrons. The van der Waals surface area contributed by atoms with Gasteiger partial charge in [0, 0.05) is 23.9 Å². The Morgan fingerprint density at radius 3 is 2.43 bits per heavy atom. The largest absolute Gasteiger partial charge is 0.465 e. The van der Waals surface area contributed by atoms with E-state index in [2.05, 4.69) is 29.2 Å². The predicted octanol–water partition coefficient (Wildman–Crippen LogP) is 2.36. The van der Waals surface area contributed by atoms with Crippen molar-refractivity contribution in [1.29, 1.82) is 15.8 Å². The van der Waals surface area contributed by atoms with Crippen LogP contribution in [0.15, 0.2) is 47.2 Å². The molecule has 1 aliphatic carbocycles. The highest BCUT2D eigenvalue weighted by Gasteiger charge is 2.58. The molecule has 0 saturated carbocycles. The van der Waals surface area contributed by atoms with Crippen LogP contribution in [0, 0.1) is 45.3 Å². The van der Waals surface area contributed by atoms with E-state index in [1.165, 1.54) is 7.11 Å². The van der Waals surface area contributed by atoms with Crippen LogP contribution in [0.4, 0.5) is 0 Å². The number of likely N-dealkylation sites (N-methyl/N-ethyl adjacent to an activating group) is 1. The molecule has 2 bridgehead atoms. The molecule has 0 amide bonds. The van der Waals surface area contributed by atoms with Crippen molar-refractivity contribution in [2.24, 2.45) is 17.1 Å². The first-order chi connectivity index (χ1) is 14.4. The van der Waals surface area contributed by atoms with E-state index in [9.17, 15) is 20.6 Å².